The molecule has 26 heavy (non-hydrogen) atoms. The predicted octanol–water partition coefficient (Wildman–Crippen LogP) is 1.65. The average molecular weight is 359 g/mol. The van der Waals surface area contributed by atoms with E-state index in [0.717, 1.165) is 30.2 Å². The zero-order chi connectivity index (χ0) is 19.1. The maximum Gasteiger partial charge on any atom is 0.340 e. The lowest BCUT2D eigenvalue weighted by Crippen LogP contribution is -2.28. The van der Waals surface area contributed by atoms with E-state index < -0.39 is 5.63 Å². The molecule has 7 nitrogen and oxygen atoms in total. The van der Waals surface area contributed by atoms with Crippen molar-refractivity contribution < 1.29 is 14.0 Å². The highest BCUT2D eigenvalue weighted by Gasteiger charge is 2.14. The van der Waals surface area contributed by atoms with Crippen LogP contribution in [0.25, 0.3) is 11.0 Å². The molecule has 2 aromatic rings. The van der Waals surface area contributed by atoms with E-state index in [1.54, 1.807) is 32.2 Å². The van der Waals surface area contributed by atoms with Crippen LogP contribution in [-0.4, -0.2) is 25.4 Å². The highest BCUT2D eigenvalue weighted by Crippen LogP contribution is 2.21. The van der Waals surface area contributed by atoms with Crippen LogP contribution in [0.5, 0.6) is 0 Å². The van der Waals surface area contributed by atoms with Crippen LogP contribution in [0.4, 0.5) is 5.69 Å². The summed E-state index contributed by atoms with van der Waals surface area (Å²) in [5.74, 6) is -0.198. The molecular formula is C19H25N3O4. The molecule has 7 heteroatoms. The molecule has 0 fully saturated rings. The van der Waals surface area contributed by atoms with Gasteiger partial charge in [-0.1, -0.05) is 6.42 Å². The number of anilines is 1. The third-order valence-electron chi connectivity index (χ3n) is 4.33. The largest absolute Gasteiger partial charge is 0.422 e. The summed E-state index contributed by atoms with van der Waals surface area (Å²) in [6.07, 6.45) is 2.89. The van der Waals surface area contributed by atoms with E-state index in [9.17, 15) is 14.4 Å². The third-order valence-corrected chi connectivity index (χ3v) is 4.33. The SMILES string of the molecule is CNC(=O)CCCCCNC(=O)Cc1c(C)c2ccc(N)cc2oc1=O. The second kappa shape index (κ2) is 9.03. The van der Waals surface area contributed by atoms with Gasteiger partial charge in [0.05, 0.1) is 12.0 Å². The van der Waals surface area contributed by atoms with Gasteiger partial charge in [-0.25, -0.2) is 4.79 Å². The van der Waals surface area contributed by atoms with E-state index in [4.69, 9.17) is 10.2 Å². The molecule has 1 aromatic heterocycles. The Kier molecular flexibility index (Phi) is 6.77. The summed E-state index contributed by atoms with van der Waals surface area (Å²) in [4.78, 5) is 35.4. The number of hydrogen-bond acceptors (Lipinski definition) is 5. The number of nitrogens with two attached hydrogens (primary N) is 1. The molecule has 4 N–H and O–H groups in total. The molecule has 0 spiro atoms. The molecule has 0 saturated carbocycles. The van der Waals surface area contributed by atoms with Crippen molar-refractivity contribution in [1.82, 2.24) is 10.6 Å². The van der Waals surface area contributed by atoms with Crippen molar-refractivity contribution in [1.29, 1.82) is 0 Å². The van der Waals surface area contributed by atoms with Crippen molar-refractivity contribution in [2.75, 3.05) is 19.3 Å². The van der Waals surface area contributed by atoms with Gasteiger partial charge in [-0.05, 0) is 37.5 Å². The average Bonchev–Trinajstić information content (AvgIpc) is 2.61. The van der Waals surface area contributed by atoms with Gasteiger partial charge in [-0.15, -0.1) is 0 Å². The minimum atomic E-state index is -0.513. The van der Waals surface area contributed by atoms with E-state index in [1.807, 2.05) is 0 Å². The number of nitrogen functional groups attached to an aromatic ring is 1. The lowest BCUT2D eigenvalue weighted by atomic mass is 10.0. The van der Waals surface area contributed by atoms with Crippen LogP contribution in [-0.2, 0) is 16.0 Å². The lowest BCUT2D eigenvalue weighted by Gasteiger charge is -2.09. The van der Waals surface area contributed by atoms with Crippen LogP contribution in [0.2, 0.25) is 0 Å². The standard InChI is InChI=1S/C19H25N3O4/c1-12-14-8-7-13(20)10-16(14)26-19(25)15(12)11-18(24)22-9-5-3-4-6-17(23)21-2/h7-8,10H,3-6,9,11,20H2,1-2H3,(H,21,23)(H,22,24). The van der Waals surface area contributed by atoms with Crippen molar-refractivity contribution in [2.45, 2.75) is 39.0 Å². The fourth-order valence-corrected chi connectivity index (χ4v) is 2.78. The first kappa shape index (κ1) is 19.5. The summed E-state index contributed by atoms with van der Waals surface area (Å²) in [5.41, 5.74) is 7.23. The minimum absolute atomic E-state index is 0.0211. The highest BCUT2D eigenvalue weighted by molar-refractivity contribution is 5.86. The van der Waals surface area contributed by atoms with Crippen LogP contribution in [0.15, 0.2) is 27.4 Å². The van der Waals surface area contributed by atoms with Crippen molar-refractivity contribution in [3.63, 3.8) is 0 Å². The number of benzene rings is 1. The number of aryl methyl sites for hydroxylation is 1. The van der Waals surface area contributed by atoms with Crippen molar-refractivity contribution in [2.24, 2.45) is 0 Å². The zero-order valence-electron chi connectivity index (χ0n) is 15.2. The highest BCUT2D eigenvalue weighted by atomic mass is 16.4. The molecule has 140 valence electrons. The fourth-order valence-electron chi connectivity index (χ4n) is 2.78. The maximum atomic E-state index is 12.2. The molecule has 2 amide bonds. The molecule has 0 bridgehead atoms. The van der Waals surface area contributed by atoms with Gasteiger partial charge in [-0.3, -0.25) is 9.59 Å². The first-order valence-electron chi connectivity index (χ1n) is 8.71. The Morgan fingerprint density at radius 3 is 2.65 bits per heavy atom. The smallest absolute Gasteiger partial charge is 0.340 e. The van der Waals surface area contributed by atoms with Gasteiger partial charge in [0, 0.05) is 37.2 Å². The lowest BCUT2D eigenvalue weighted by molar-refractivity contribution is -0.121. The first-order chi connectivity index (χ1) is 12.4. The van der Waals surface area contributed by atoms with Gasteiger partial charge in [-0.2, -0.15) is 0 Å². The Bertz CT molecular complexity index is 858. The van der Waals surface area contributed by atoms with Gasteiger partial charge in [0.1, 0.15) is 5.58 Å². The summed E-state index contributed by atoms with van der Waals surface area (Å²) in [5, 5.41) is 6.15. The summed E-state index contributed by atoms with van der Waals surface area (Å²) in [7, 11) is 1.61. The maximum absolute atomic E-state index is 12.2. The van der Waals surface area contributed by atoms with Gasteiger partial charge < -0.3 is 20.8 Å². The van der Waals surface area contributed by atoms with Crippen molar-refractivity contribution in [3.05, 3.63) is 39.7 Å². The normalized spacial score (nSPS) is 10.7. The van der Waals surface area contributed by atoms with Gasteiger partial charge in [0.15, 0.2) is 0 Å². The quantitative estimate of drug-likeness (QED) is 0.377. The molecule has 1 aromatic carbocycles. The summed E-state index contributed by atoms with van der Waals surface area (Å²) < 4.78 is 5.29. The second-order valence-electron chi connectivity index (χ2n) is 6.26. The number of rotatable bonds is 8. The molecule has 0 aliphatic carbocycles. The van der Waals surface area contributed by atoms with E-state index in [2.05, 4.69) is 10.6 Å². The number of fused-ring (bicyclic) bond motifs is 1. The van der Waals surface area contributed by atoms with Crippen LogP contribution in [0.3, 0.4) is 0 Å². The Labute approximate surface area is 151 Å². The minimum Gasteiger partial charge on any atom is -0.422 e. The summed E-state index contributed by atoms with van der Waals surface area (Å²) in [6, 6.07) is 5.13. The van der Waals surface area contributed by atoms with Crippen LogP contribution < -0.4 is 22.0 Å². The van der Waals surface area contributed by atoms with Crippen LogP contribution >= 0.6 is 0 Å². The van der Waals surface area contributed by atoms with Crippen molar-refractivity contribution >= 4 is 28.5 Å². The molecule has 0 aliphatic heterocycles. The van der Waals surface area contributed by atoms with Gasteiger partial charge >= 0.3 is 5.63 Å². The Morgan fingerprint density at radius 1 is 1.15 bits per heavy atom. The molecule has 0 radical (unpaired) electrons. The van der Waals surface area contributed by atoms with Crippen LogP contribution in [0, 0.1) is 6.92 Å². The number of amides is 2. The Hall–Kier alpha value is -2.83. The van der Waals surface area contributed by atoms with E-state index in [-0.39, 0.29) is 18.2 Å². The molecule has 2 rings (SSSR count). The number of nitrogens with one attached hydrogen (secondary N) is 2. The molecule has 0 aliphatic rings. The van der Waals surface area contributed by atoms with Gasteiger partial charge in [0.2, 0.25) is 11.8 Å². The summed E-state index contributed by atoms with van der Waals surface area (Å²) in [6.45, 7) is 2.32. The van der Waals surface area contributed by atoms with Gasteiger partial charge in [0.25, 0.3) is 0 Å². The second-order valence-corrected chi connectivity index (χ2v) is 6.26. The number of carbonyl (C=O) groups excluding carboxylic acids is 2. The van der Waals surface area contributed by atoms with Crippen molar-refractivity contribution in [3.8, 4) is 0 Å². The van der Waals surface area contributed by atoms with E-state index in [0.29, 0.717) is 29.8 Å². The van der Waals surface area contributed by atoms with E-state index in [1.165, 1.54) is 0 Å². The Balaban J connectivity index is 1.90. The summed E-state index contributed by atoms with van der Waals surface area (Å²) >= 11 is 0. The number of hydrogen-bond donors (Lipinski definition) is 3. The molecule has 0 saturated heterocycles. The third kappa shape index (κ3) is 5.08. The topological polar surface area (TPSA) is 114 Å². The number of unbranched alkanes of at least 4 members (excludes halogenated alkanes) is 2. The van der Waals surface area contributed by atoms with Crippen LogP contribution in [0.1, 0.15) is 36.8 Å². The monoisotopic (exact) mass is 359 g/mol. The van der Waals surface area contributed by atoms with E-state index >= 15 is 0 Å². The number of carbonyl (C=O) groups is 2. The molecule has 0 unspecified atom stereocenters. The molecule has 1 heterocycles. The molecular weight excluding hydrogens is 334 g/mol. The fraction of sp³-hybridized carbons (Fsp3) is 0.421. The molecule has 0 atom stereocenters. The zero-order valence-corrected chi connectivity index (χ0v) is 15.2. The first-order valence-corrected chi connectivity index (χ1v) is 8.71. The Morgan fingerprint density at radius 2 is 1.92 bits per heavy atom. The predicted molar refractivity (Wildman–Crippen MR) is 101 cm³/mol.